The van der Waals surface area contributed by atoms with E-state index in [1.807, 2.05) is 6.07 Å². The van der Waals surface area contributed by atoms with E-state index < -0.39 is 0 Å². The van der Waals surface area contributed by atoms with Gasteiger partial charge in [0.1, 0.15) is 5.75 Å². The van der Waals surface area contributed by atoms with Gasteiger partial charge in [0.2, 0.25) is 0 Å². The number of rotatable bonds is 3. The molecule has 0 unspecified atom stereocenters. The van der Waals surface area contributed by atoms with Gasteiger partial charge in [-0.05, 0) is 43.7 Å². The van der Waals surface area contributed by atoms with E-state index in [0.29, 0.717) is 0 Å². The smallest absolute Gasteiger partial charge is 0.133 e. The lowest BCUT2D eigenvalue weighted by Crippen LogP contribution is -2.16. The Hall–Kier alpha value is -1.09. The Kier molecular flexibility index (Phi) is 3.56. The van der Waals surface area contributed by atoms with E-state index in [2.05, 4.69) is 4.98 Å². The Labute approximate surface area is 90.1 Å². The zero-order valence-electron chi connectivity index (χ0n) is 8.85. The van der Waals surface area contributed by atoms with E-state index in [4.69, 9.17) is 9.84 Å². The maximum Gasteiger partial charge on any atom is 0.133 e. The van der Waals surface area contributed by atoms with Crippen molar-refractivity contribution in [1.82, 2.24) is 4.98 Å². The molecule has 0 spiro atoms. The maximum atomic E-state index is 9.09. The number of ether oxygens (including phenoxy) is 1. The molecule has 0 aromatic carbocycles. The lowest BCUT2D eigenvalue weighted by Gasteiger charge is -2.21. The summed E-state index contributed by atoms with van der Waals surface area (Å²) < 4.78 is 5.32. The molecule has 1 aliphatic rings. The van der Waals surface area contributed by atoms with Crippen molar-refractivity contribution in [2.45, 2.75) is 25.7 Å². The number of hydrogen-bond donors (Lipinski definition) is 1. The van der Waals surface area contributed by atoms with Crippen LogP contribution in [-0.2, 0) is 11.2 Å². The van der Waals surface area contributed by atoms with Crippen molar-refractivity contribution in [3.05, 3.63) is 24.0 Å². The van der Waals surface area contributed by atoms with Gasteiger partial charge in [0.05, 0.1) is 6.20 Å². The molecule has 2 heterocycles. The second kappa shape index (κ2) is 5.12. The summed E-state index contributed by atoms with van der Waals surface area (Å²) in [6.07, 6.45) is 6.06. The Morgan fingerprint density at radius 2 is 2.13 bits per heavy atom. The monoisotopic (exact) mass is 207 g/mol. The molecule has 1 aliphatic heterocycles. The molecule has 0 saturated carbocycles. The fraction of sp³-hybridized carbons (Fsp3) is 0.583. The van der Waals surface area contributed by atoms with Crippen molar-refractivity contribution in [1.29, 1.82) is 0 Å². The zero-order chi connectivity index (χ0) is 10.5. The number of aryl methyl sites for hydroxylation is 1. The Morgan fingerprint density at radius 3 is 2.80 bits per heavy atom. The predicted octanol–water partition coefficient (Wildman–Crippen LogP) is 2.15. The molecule has 0 bridgehead atoms. The maximum absolute atomic E-state index is 9.09. The van der Waals surface area contributed by atoms with Crippen LogP contribution >= 0.6 is 0 Å². The molecule has 3 heteroatoms. The fourth-order valence-electron chi connectivity index (χ4n) is 1.95. The molecule has 0 atom stereocenters. The first-order chi connectivity index (χ1) is 7.34. The van der Waals surface area contributed by atoms with Crippen LogP contribution in [-0.4, -0.2) is 23.3 Å². The highest BCUT2D eigenvalue weighted by atomic mass is 16.5. The van der Waals surface area contributed by atoms with E-state index >= 15 is 0 Å². The summed E-state index contributed by atoms with van der Waals surface area (Å²) in [5.74, 6) is 1.03. The number of pyridine rings is 1. The molecule has 0 radical (unpaired) electrons. The zero-order valence-corrected chi connectivity index (χ0v) is 8.85. The van der Waals surface area contributed by atoms with E-state index in [1.54, 1.807) is 6.07 Å². The summed E-state index contributed by atoms with van der Waals surface area (Å²) in [5, 5.41) is 9.09. The molecule has 3 nitrogen and oxygen atoms in total. The van der Waals surface area contributed by atoms with Crippen LogP contribution < -0.4 is 0 Å². The molecule has 1 saturated heterocycles. The minimum Gasteiger partial charge on any atom is -0.506 e. The van der Waals surface area contributed by atoms with Crippen molar-refractivity contribution in [3.63, 3.8) is 0 Å². The van der Waals surface area contributed by atoms with E-state index in [1.165, 1.54) is 25.5 Å². The van der Waals surface area contributed by atoms with Gasteiger partial charge in [0, 0.05) is 18.9 Å². The van der Waals surface area contributed by atoms with Gasteiger partial charge in [0.15, 0.2) is 0 Å². The molecule has 15 heavy (non-hydrogen) atoms. The first kappa shape index (κ1) is 10.4. The van der Waals surface area contributed by atoms with Crippen LogP contribution in [0.3, 0.4) is 0 Å². The molecule has 82 valence electrons. The van der Waals surface area contributed by atoms with Crippen LogP contribution in [0, 0.1) is 5.92 Å². The van der Waals surface area contributed by atoms with Crippen LogP contribution in [0.5, 0.6) is 5.75 Å². The first-order valence-electron chi connectivity index (χ1n) is 5.56. The van der Waals surface area contributed by atoms with Crippen LogP contribution in [0.15, 0.2) is 18.3 Å². The first-order valence-corrected chi connectivity index (χ1v) is 5.56. The van der Waals surface area contributed by atoms with E-state index in [9.17, 15) is 0 Å². The molecule has 1 fully saturated rings. The minimum absolute atomic E-state index is 0.241. The van der Waals surface area contributed by atoms with E-state index in [-0.39, 0.29) is 5.75 Å². The van der Waals surface area contributed by atoms with Crippen molar-refractivity contribution in [2.24, 2.45) is 5.92 Å². The van der Waals surface area contributed by atoms with Crippen molar-refractivity contribution >= 4 is 0 Å². The summed E-state index contributed by atoms with van der Waals surface area (Å²) in [4.78, 5) is 4.18. The van der Waals surface area contributed by atoms with E-state index in [0.717, 1.165) is 31.2 Å². The van der Waals surface area contributed by atoms with Crippen LogP contribution in [0.1, 0.15) is 25.0 Å². The second-order valence-corrected chi connectivity index (χ2v) is 4.10. The quantitative estimate of drug-likeness (QED) is 0.825. The van der Waals surface area contributed by atoms with Crippen LogP contribution in [0.2, 0.25) is 0 Å². The normalized spacial score (nSPS) is 17.9. The third kappa shape index (κ3) is 3.20. The standard InChI is InChI=1S/C12H17NO2/c14-12-4-3-11(13-9-12)2-1-10-5-7-15-8-6-10/h3-4,9-10,14H,1-2,5-8H2. The summed E-state index contributed by atoms with van der Waals surface area (Å²) in [6.45, 7) is 1.82. The molecule has 2 rings (SSSR count). The lowest BCUT2D eigenvalue weighted by molar-refractivity contribution is 0.0639. The molecular formula is C12H17NO2. The van der Waals surface area contributed by atoms with Gasteiger partial charge in [-0.1, -0.05) is 0 Å². The largest absolute Gasteiger partial charge is 0.506 e. The van der Waals surface area contributed by atoms with Gasteiger partial charge in [-0.2, -0.15) is 0 Å². The third-order valence-electron chi connectivity index (χ3n) is 2.96. The number of hydrogen-bond acceptors (Lipinski definition) is 3. The average Bonchev–Trinajstić information content (AvgIpc) is 2.30. The summed E-state index contributed by atoms with van der Waals surface area (Å²) in [7, 11) is 0. The summed E-state index contributed by atoms with van der Waals surface area (Å²) in [6, 6.07) is 3.60. The number of aromatic nitrogens is 1. The average molecular weight is 207 g/mol. The van der Waals surface area contributed by atoms with Gasteiger partial charge < -0.3 is 9.84 Å². The number of aromatic hydroxyl groups is 1. The molecule has 1 aromatic heterocycles. The Morgan fingerprint density at radius 1 is 1.33 bits per heavy atom. The van der Waals surface area contributed by atoms with Gasteiger partial charge >= 0.3 is 0 Å². The van der Waals surface area contributed by atoms with Gasteiger partial charge in [-0.15, -0.1) is 0 Å². The summed E-state index contributed by atoms with van der Waals surface area (Å²) >= 11 is 0. The SMILES string of the molecule is Oc1ccc(CCC2CCOCC2)nc1. The lowest BCUT2D eigenvalue weighted by atomic mass is 9.94. The molecular weight excluding hydrogens is 190 g/mol. The Balaban J connectivity index is 1.79. The summed E-state index contributed by atoms with van der Waals surface area (Å²) in [5.41, 5.74) is 1.07. The second-order valence-electron chi connectivity index (χ2n) is 4.10. The Bertz CT molecular complexity index is 291. The number of nitrogens with zero attached hydrogens (tertiary/aromatic N) is 1. The molecule has 1 aromatic rings. The third-order valence-corrected chi connectivity index (χ3v) is 2.96. The van der Waals surface area contributed by atoms with Gasteiger partial charge in [-0.25, -0.2) is 0 Å². The fourth-order valence-corrected chi connectivity index (χ4v) is 1.95. The van der Waals surface area contributed by atoms with Crippen LogP contribution in [0.4, 0.5) is 0 Å². The molecule has 0 aliphatic carbocycles. The van der Waals surface area contributed by atoms with Crippen molar-refractivity contribution in [2.75, 3.05) is 13.2 Å². The predicted molar refractivity (Wildman–Crippen MR) is 57.8 cm³/mol. The highest BCUT2D eigenvalue weighted by Gasteiger charge is 2.13. The van der Waals surface area contributed by atoms with Crippen molar-refractivity contribution < 1.29 is 9.84 Å². The van der Waals surface area contributed by atoms with Gasteiger partial charge in [0.25, 0.3) is 0 Å². The van der Waals surface area contributed by atoms with Crippen molar-refractivity contribution in [3.8, 4) is 5.75 Å². The topological polar surface area (TPSA) is 42.4 Å². The van der Waals surface area contributed by atoms with Crippen LogP contribution in [0.25, 0.3) is 0 Å². The molecule has 1 N–H and O–H groups in total. The highest BCUT2D eigenvalue weighted by Crippen LogP contribution is 2.20. The molecule has 0 amide bonds. The highest BCUT2D eigenvalue weighted by molar-refractivity contribution is 5.17. The minimum atomic E-state index is 0.241. The van der Waals surface area contributed by atoms with Gasteiger partial charge in [-0.3, -0.25) is 4.98 Å².